The maximum atomic E-state index is 13.0. The van der Waals surface area contributed by atoms with Crippen LogP contribution in [-0.2, 0) is 11.3 Å². The van der Waals surface area contributed by atoms with E-state index in [0.29, 0.717) is 24.6 Å². The molecule has 4 rings (SSSR count). The highest BCUT2D eigenvalue weighted by molar-refractivity contribution is 5.82. The largest absolute Gasteiger partial charge is 0.485 e. The number of benzene rings is 2. The molecule has 2 aliphatic rings. The number of ether oxygens (including phenoxy) is 2. The highest BCUT2D eigenvalue weighted by atomic mass is 19.1. The normalized spacial score (nSPS) is 20.0. The highest BCUT2D eigenvalue weighted by Crippen LogP contribution is 2.31. The Labute approximate surface area is 151 Å². The molecule has 2 aliphatic heterocycles. The lowest BCUT2D eigenvalue weighted by Gasteiger charge is -2.37. The molecule has 2 heterocycles. The van der Waals surface area contributed by atoms with Crippen LogP contribution in [0.25, 0.3) is 0 Å². The molecule has 0 aliphatic carbocycles. The van der Waals surface area contributed by atoms with E-state index in [1.807, 2.05) is 29.2 Å². The van der Waals surface area contributed by atoms with E-state index in [0.717, 1.165) is 25.2 Å². The molecule has 6 heteroatoms. The molecule has 26 heavy (non-hydrogen) atoms. The third-order valence-electron chi connectivity index (χ3n) is 4.79. The van der Waals surface area contributed by atoms with Gasteiger partial charge in [0.25, 0.3) is 5.91 Å². The van der Waals surface area contributed by atoms with Crippen LogP contribution >= 0.6 is 0 Å². The Kier molecular flexibility index (Phi) is 4.75. The van der Waals surface area contributed by atoms with Crippen LogP contribution in [-0.4, -0.2) is 54.6 Å². The van der Waals surface area contributed by atoms with Crippen molar-refractivity contribution in [3.63, 3.8) is 0 Å². The molecular formula is C20H21FN2O3. The maximum Gasteiger partial charge on any atom is 0.267 e. The molecular weight excluding hydrogens is 335 g/mol. The van der Waals surface area contributed by atoms with Gasteiger partial charge >= 0.3 is 0 Å². The Bertz CT molecular complexity index is 773. The summed E-state index contributed by atoms with van der Waals surface area (Å²) in [6.45, 7) is 3.88. The second-order valence-electron chi connectivity index (χ2n) is 6.59. The smallest absolute Gasteiger partial charge is 0.267 e. The molecule has 1 unspecified atom stereocenters. The number of carbonyl (C=O) groups is 1. The minimum absolute atomic E-state index is 0.0269. The van der Waals surface area contributed by atoms with Gasteiger partial charge in [0.15, 0.2) is 11.5 Å². The van der Waals surface area contributed by atoms with Gasteiger partial charge < -0.3 is 14.4 Å². The van der Waals surface area contributed by atoms with Crippen molar-refractivity contribution in [2.75, 3.05) is 32.8 Å². The number of nitrogens with zero attached hydrogens (tertiary/aromatic N) is 2. The first-order valence-electron chi connectivity index (χ1n) is 8.83. The molecule has 0 aromatic heterocycles. The zero-order valence-electron chi connectivity index (χ0n) is 14.4. The SMILES string of the molecule is O=C(C1COc2ccccc2O1)N1CCN(Cc2ccc(F)cc2)CC1. The fraction of sp³-hybridized carbons (Fsp3) is 0.350. The van der Waals surface area contributed by atoms with Gasteiger partial charge in [-0.15, -0.1) is 0 Å². The Hall–Kier alpha value is -2.60. The van der Waals surface area contributed by atoms with Crippen molar-refractivity contribution in [1.29, 1.82) is 0 Å². The van der Waals surface area contributed by atoms with Crippen LogP contribution in [0.1, 0.15) is 5.56 Å². The Morgan fingerprint density at radius 3 is 2.42 bits per heavy atom. The summed E-state index contributed by atoms with van der Waals surface area (Å²) in [7, 11) is 0. The maximum absolute atomic E-state index is 13.0. The van der Waals surface area contributed by atoms with E-state index < -0.39 is 6.10 Å². The van der Waals surface area contributed by atoms with Gasteiger partial charge in [-0.25, -0.2) is 4.39 Å². The summed E-state index contributed by atoms with van der Waals surface area (Å²) in [4.78, 5) is 16.8. The van der Waals surface area contributed by atoms with Crippen LogP contribution in [0.5, 0.6) is 11.5 Å². The van der Waals surface area contributed by atoms with Gasteiger partial charge in [0, 0.05) is 32.7 Å². The summed E-state index contributed by atoms with van der Waals surface area (Å²) < 4.78 is 24.5. The molecule has 2 aromatic carbocycles. The summed E-state index contributed by atoms with van der Waals surface area (Å²) in [5, 5.41) is 0. The molecule has 0 N–H and O–H groups in total. The zero-order valence-corrected chi connectivity index (χ0v) is 14.4. The van der Waals surface area contributed by atoms with Crippen LogP contribution in [0, 0.1) is 5.82 Å². The van der Waals surface area contributed by atoms with Gasteiger partial charge in [-0.05, 0) is 29.8 Å². The molecule has 2 aromatic rings. The lowest BCUT2D eigenvalue weighted by atomic mass is 10.2. The zero-order chi connectivity index (χ0) is 17.9. The third kappa shape index (κ3) is 3.65. The van der Waals surface area contributed by atoms with E-state index in [2.05, 4.69) is 4.90 Å². The van der Waals surface area contributed by atoms with Crippen LogP contribution in [0.3, 0.4) is 0 Å². The van der Waals surface area contributed by atoms with Crippen molar-refractivity contribution in [2.45, 2.75) is 12.6 Å². The first-order valence-corrected chi connectivity index (χ1v) is 8.83. The molecule has 0 bridgehead atoms. The molecule has 1 atom stereocenters. The number of piperazine rings is 1. The number of carbonyl (C=O) groups excluding carboxylic acids is 1. The third-order valence-corrected chi connectivity index (χ3v) is 4.79. The van der Waals surface area contributed by atoms with Gasteiger partial charge in [-0.3, -0.25) is 9.69 Å². The Morgan fingerprint density at radius 2 is 1.69 bits per heavy atom. The summed E-state index contributed by atoms with van der Waals surface area (Å²) in [5.41, 5.74) is 1.08. The van der Waals surface area contributed by atoms with Gasteiger partial charge in [0.05, 0.1) is 0 Å². The number of rotatable bonds is 3. The molecule has 1 amide bonds. The van der Waals surface area contributed by atoms with Gasteiger partial charge in [-0.2, -0.15) is 0 Å². The van der Waals surface area contributed by atoms with Gasteiger partial charge in [0.2, 0.25) is 6.10 Å². The van der Waals surface area contributed by atoms with E-state index in [9.17, 15) is 9.18 Å². The lowest BCUT2D eigenvalue weighted by Crippen LogP contribution is -2.53. The number of hydrogen-bond acceptors (Lipinski definition) is 4. The quantitative estimate of drug-likeness (QED) is 0.846. The molecule has 0 saturated carbocycles. The Balaban J connectivity index is 1.30. The van der Waals surface area contributed by atoms with Crippen molar-refractivity contribution in [3.05, 3.63) is 59.9 Å². The monoisotopic (exact) mass is 356 g/mol. The van der Waals surface area contributed by atoms with Crippen molar-refractivity contribution in [2.24, 2.45) is 0 Å². The standard InChI is InChI=1S/C20H21FN2O3/c21-16-7-5-15(6-8-16)13-22-9-11-23(12-10-22)20(24)19-14-25-17-3-1-2-4-18(17)26-19/h1-8,19H,9-14H2. The first kappa shape index (κ1) is 16.8. The second-order valence-corrected chi connectivity index (χ2v) is 6.59. The van der Waals surface area contributed by atoms with Crippen molar-refractivity contribution >= 4 is 5.91 Å². The number of halogens is 1. The number of hydrogen-bond donors (Lipinski definition) is 0. The highest BCUT2D eigenvalue weighted by Gasteiger charge is 2.32. The number of para-hydroxylation sites is 2. The van der Waals surface area contributed by atoms with Crippen molar-refractivity contribution < 1.29 is 18.7 Å². The van der Waals surface area contributed by atoms with Gasteiger partial charge in [-0.1, -0.05) is 24.3 Å². The van der Waals surface area contributed by atoms with Crippen molar-refractivity contribution in [1.82, 2.24) is 9.80 Å². The van der Waals surface area contributed by atoms with E-state index in [4.69, 9.17) is 9.47 Å². The molecule has 0 radical (unpaired) electrons. The summed E-state index contributed by atoms with van der Waals surface area (Å²) in [5.74, 6) is 1.05. The fourth-order valence-electron chi connectivity index (χ4n) is 3.32. The predicted molar refractivity (Wildman–Crippen MR) is 94.6 cm³/mol. The van der Waals surface area contributed by atoms with Crippen molar-refractivity contribution in [3.8, 4) is 11.5 Å². The minimum Gasteiger partial charge on any atom is -0.485 e. The summed E-state index contributed by atoms with van der Waals surface area (Å²) in [6, 6.07) is 14.0. The fourth-order valence-corrected chi connectivity index (χ4v) is 3.32. The summed E-state index contributed by atoms with van der Waals surface area (Å²) in [6.07, 6.45) is -0.589. The lowest BCUT2D eigenvalue weighted by molar-refractivity contribution is -0.143. The molecule has 0 spiro atoms. The van der Waals surface area contributed by atoms with Crippen LogP contribution in [0.4, 0.5) is 4.39 Å². The molecule has 1 fully saturated rings. The predicted octanol–water partition coefficient (Wildman–Crippen LogP) is 2.31. The number of fused-ring (bicyclic) bond motifs is 1. The minimum atomic E-state index is -0.589. The number of amides is 1. The van der Waals surface area contributed by atoms with E-state index in [1.165, 1.54) is 12.1 Å². The first-order chi connectivity index (χ1) is 12.7. The van der Waals surface area contributed by atoms with E-state index in [-0.39, 0.29) is 18.3 Å². The van der Waals surface area contributed by atoms with Crippen LogP contribution < -0.4 is 9.47 Å². The molecule has 136 valence electrons. The van der Waals surface area contributed by atoms with Gasteiger partial charge in [0.1, 0.15) is 12.4 Å². The average molecular weight is 356 g/mol. The average Bonchev–Trinajstić information content (AvgIpc) is 2.69. The van der Waals surface area contributed by atoms with E-state index >= 15 is 0 Å². The second kappa shape index (κ2) is 7.33. The van der Waals surface area contributed by atoms with Crippen LogP contribution in [0.15, 0.2) is 48.5 Å². The Morgan fingerprint density at radius 1 is 1.00 bits per heavy atom. The molecule has 5 nitrogen and oxygen atoms in total. The van der Waals surface area contributed by atoms with E-state index in [1.54, 1.807) is 12.1 Å². The van der Waals surface area contributed by atoms with Crippen LogP contribution in [0.2, 0.25) is 0 Å². The topological polar surface area (TPSA) is 42.0 Å². The molecule has 1 saturated heterocycles. The summed E-state index contributed by atoms with van der Waals surface area (Å²) >= 11 is 0.